The summed E-state index contributed by atoms with van der Waals surface area (Å²) in [5.41, 5.74) is 6.95. The van der Waals surface area contributed by atoms with Gasteiger partial charge in [0.05, 0.1) is 19.9 Å². The van der Waals surface area contributed by atoms with E-state index in [1.54, 1.807) is 24.1 Å². The first kappa shape index (κ1) is 11.6. The van der Waals surface area contributed by atoms with Crippen LogP contribution in [0.15, 0.2) is 30.6 Å². The van der Waals surface area contributed by atoms with E-state index in [2.05, 4.69) is 5.10 Å². The molecule has 5 heteroatoms. The van der Waals surface area contributed by atoms with E-state index in [4.69, 9.17) is 10.5 Å². The first-order chi connectivity index (χ1) is 8.24. The molecule has 0 bridgehead atoms. The summed E-state index contributed by atoms with van der Waals surface area (Å²) in [5.74, 6) is 0.325. The van der Waals surface area contributed by atoms with Crippen LogP contribution in [0, 0.1) is 5.82 Å². The molecule has 1 heterocycles. The van der Waals surface area contributed by atoms with Gasteiger partial charge in [-0.2, -0.15) is 5.10 Å². The highest BCUT2D eigenvalue weighted by Gasteiger charge is 2.09. The largest absolute Gasteiger partial charge is 0.496 e. The summed E-state index contributed by atoms with van der Waals surface area (Å²) in [4.78, 5) is 0. The molecule has 17 heavy (non-hydrogen) atoms. The molecule has 0 atom stereocenters. The van der Waals surface area contributed by atoms with E-state index in [0.29, 0.717) is 24.4 Å². The minimum Gasteiger partial charge on any atom is -0.496 e. The van der Waals surface area contributed by atoms with E-state index in [1.807, 2.05) is 6.20 Å². The highest BCUT2D eigenvalue weighted by Crippen LogP contribution is 2.30. The van der Waals surface area contributed by atoms with Gasteiger partial charge in [0.15, 0.2) is 0 Å². The lowest BCUT2D eigenvalue weighted by Gasteiger charge is -2.06. The van der Waals surface area contributed by atoms with E-state index in [0.717, 1.165) is 5.56 Å². The van der Waals surface area contributed by atoms with Gasteiger partial charge in [0.1, 0.15) is 11.6 Å². The molecule has 2 N–H and O–H groups in total. The van der Waals surface area contributed by atoms with Crippen molar-refractivity contribution in [1.82, 2.24) is 9.78 Å². The zero-order valence-corrected chi connectivity index (χ0v) is 9.56. The minimum atomic E-state index is -0.299. The Morgan fingerprint density at radius 2 is 2.29 bits per heavy atom. The number of nitrogens with zero attached hydrogens (tertiary/aromatic N) is 2. The molecule has 0 spiro atoms. The van der Waals surface area contributed by atoms with Crippen molar-refractivity contribution in [1.29, 1.82) is 0 Å². The van der Waals surface area contributed by atoms with Crippen molar-refractivity contribution in [3.63, 3.8) is 0 Å². The number of halogens is 1. The van der Waals surface area contributed by atoms with Gasteiger partial charge in [0.25, 0.3) is 0 Å². The first-order valence-corrected chi connectivity index (χ1v) is 5.31. The number of hydrogen-bond acceptors (Lipinski definition) is 3. The number of benzene rings is 1. The van der Waals surface area contributed by atoms with Crippen LogP contribution in [0.2, 0.25) is 0 Å². The SMILES string of the molecule is COc1ccc(F)cc1-c1cnn(CCN)c1. The maximum absolute atomic E-state index is 13.2. The monoisotopic (exact) mass is 235 g/mol. The van der Waals surface area contributed by atoms with Crippen LogP contribution in [0.25, 0.3) is 11.1 Å². The van der Waals surface area contributed by atoms with E-state index in [1.165, 1.54) is 12.1 Å². The second-order valence-electron chi connectivity index (χ2n) is 3.63. The molecular formula is C12H14FN3O. The molecule has 0 fully saturated rings. The molecule has 0 aliphatic rings. The summed E-state index contributed by atoms with van der Waals surface area (Å²) in [6, 6.07) is 4.40. The van der Waals surface area contributed by atoms with Gasteiger partial charge >= 0.3 is 0 Å². The quantitative estimate of drug-likeness (QED) is 0.876. The highest BCUT2D eigenvalue weighted by atomic mass is 19.1. The van der Waals surface area contributed by atoms with Gasteiger partial charge < -0.3 is 10.5 Å². The second kappa shape index (κ2) is 4.97. The Labute approximate surface area is 98.8 Å². The zero-order valence-electron chi connectivity index (χ0n) is 9.56. The zero-order chi connectivity index (χ0) is 12.3. The third-order valence-electron chi connectivity index (χ3n) is 2.46. The second-order valence-corrected chi connectivity index (χ2v) is 3.63. The van der Waals surface area contributed by atoms with Crippen molar-refractivity contribution >= 4 is 0 Å². The van der Waals surface area contributed by atoms with E-state index in [-0.39, 0.29) is 5.82 Å². The lowest BCUT2D eigenvalue weighted by Crippen LogP contribution is -2.09. The van der Waals surface area contributed by atoms with Gasteiger partial charge in [0.2, 0.25) is 0 Å². The maximum Gasteiger partial charge on any atom is 0.127 e. The van der Waals surface area contributed by atoms with Crippen LogP contribution in [0.3, 0.4) is 0 Å². The molecule has 0 aliphatic carbocycles. The molecule has 90 valence electrons. The number of rotatable bonds is 4. The van der Waals surface area contributed by atoms with Gasteiger partial charge in [-0.25, -0.2) is 4.39 Å². The summed E-state index contributed by atoms with van der Waals surface area (Å²) in [6.07, 6.45) is 3.50. The fourth-order valence-electron chi connectivity index (χ4n) is 1.66. The lowest BCUT2D eigenvalue weighted by molar-refractivity contribution is 0.415. The summed E-state index contributed by atoms with van der Waals surface area (Å²) in [5, 5.41) is 4.15. The van der Waals surface area contributed by atoms with Gasteiger partial charge in [0, 0.05) is 23.9 Å². The van der Waals surface area contributed by atoms with E-state index < -0.39 is 0 Å². The molecule has 4 nitrogen and oxygen atoms in total. The Morgan fingerprint density at radius 1 is 1.47 bits per heavy atom. The van der Waals surface area contributed by atoms with Crippen molar-refractivity contribution in [2.75, 3.05) is 13.7 Å². The summed E-state index contributed by atoms with van der Waals surface area (Å²) >= 11 is 0. The van der Waals surface area contributed by atoms with Crippen LogP contribution in [-0.4, -0.2) is 23.4 Å². The molecule has 0 aliphatic heterocycles. The molecule has 1 aromatic carbocycles. The number of nitrogens with two attached hydrogens (primary N) is 1. The lowest BCUT2D eigenvalue weighted by atomic mass is 10.1. The standard InChI is InChI=1S/C12H14FN3O/c1-17-12-3-2-10(13)6-11(12)9-7-15-16(8-9)5-4-14/h2-3,6-8H,4-5,14H2,1H3. The summed E-state index contributed by atoms with van der Waals surface area (Å²) in [7, 11) is 1.56. The molecule has 0 saturated carbocycles. The van der Waals surface area contributed by atoms with Crippen LogP contribution in [0.4, 0.5) is 4.39 Å². The maximum atomic E-state index is 13.2. The number of methoxy groups -OCH3 is 1. The Morgan fingerprint density at radius 3 is 3.00 bits per heavy atom. The molecule has 1 aromatic heterocycles. The van der Waals surface area contributed by atoms with Gasteiger partial charge in [-0.05, 0) is 18.2 Å². The molecule has 0 radical (unpaired) electrons. The van der Waals surface area contributed by atoms with Crippen LogP contribution in [0.1, 0.15) is 0 Å². The number of ether oxygens (including phenoxy) is 1. The third kappa shape index (κ3) is 2.45. The van der Waals surface area contributed by atoms with Crippen LogP contribution >= 0.6 is 0 Å². The fraction of sp³-hybridized carbons (Fsp3) is 0.250. The topological polar surface area (TPSA) is 53.1 Å². The van der Waals surface area contributed by atoms with Crippen molar-refractivity contribution in [2.45, 2.75) is 6.54 Å². The predicted octanol–water partition coefficient (Wildman–Crippen LogP) is 1.66. The van der Waals surface area contributed by atoms with Gasteiger partial charge in [-0.15, -0.1) is 0 Å². The molecular weight excluding hydrogens is 221 g/mol. The number of aromatic nitrogens is 2. The molecule has 0 amide bonds. The average Bonchev–Trinajstić information content (AvgIpc) is 2.78. The smallest absolute Gasteiger partial charge is 0.127 e. The Bertz CT molecular complexity index is 510. The average molecular weight is 235 g/mol. The van der Waals surface area contributed by atoms with Crippen molar-refractivity contribution in [2.24, 2.45) is 5.73 Å². The molecule has 0 saturated heterocycles. The predicted molar refractivity (Wildman–Crippen MR) is 63.2 cm³/mol. The Balaban J connectivity index is 2.40. The summed E-state index contributed by atoms with van der Waals surface area (Å²) in [6.45, 7) is 1.15. The normalized spacial score (nSPS) is 10.5. The highest BCUT2D eigenvalue weighted by molar-refractivity contribution is 5.69. The van der Waals surface area contributed by atoms with Gasteiger partial charge in [-0.1, -0.05) is 0 Å². The van der Waals surface area contributed by atoms with Crippen molar-refractivity contribution in [3.8, 4) is 16.9 Å². The first-order valence-electron chi connectivity index (χ1n) is 5.31. The third-order valence-corrected chi connectivity index (χ3v) is 2.46. The minimum absolute atomic E-state index is 0.299. The molecule has 2 rings (SSSR count). The van der Waals surface area contributed by atoms with Crippen LogP contribution in [-0.2, 0) is 6.54 Å². The Kier molecular flexibility index (Phi) is 3.39. The number of hydrogen-bond donors (Lipinski definition) is 1. The fourth-order valence-corrected chi connectivity index (χ4v) is 1.66. The van der Waals surface area contributed by atoms with E-state index >= 15 is 0 Å². The molecule has 2 aromatic rings. The summed E-state index contributed by atoms with van der Waals surface area (Å²) < 4.78 is 20.1. The van der Waals surface area contributed by atoms with Gasteiger partial charge in [-0.3, -0.25) is 4.68 Å². The van der Waals surface area contributed by atoms with Crippen molar-refractivity contribution in [3.05, 3.63) is 36.4 Å². The molecule has 0 unspecified atom stereocenters. The van der Waals surface area contributed by atoms with Crippen molar-refractivity contribution < 1.29 is 9.13 Å². The van der Waals surface area contributed by atoms with Crippen LogP contribution < -0.4 is 10.5 Å². The Hall–Kier alpha value is -1.88. The van der Waals surface area contributed by atoms with Crippen LogP contribution in [0.5, 0.6) is 5.75 Å². The van der Waals surface area contributed by atoms with E-state index in [9.17, 15) is 4.39 Å².